The smallest absolute Gasteiger partial charge is 0.196 e. The van der Waals surface area contributed by atoms with Crippen LogP contribution in [0.4, 0.5) is 0 Å². The van der Waals surface area contributed by atoms with Gasteiger partial charge in [0, 0.05) is 6.61 Å². The third-order valence-electron chi connectivity index (χ3n) is 3.11. The molecule has 0 heterocycles. The zero-order valence-electron chi connectivity index (χ0n) is 13.6. The van der Waals surface area contributed by atoms with Crippen LogP contribution in [0.1, 0.15) is 59.9 Å². The van der Waals surface area contributed by atoms with Gasteiger partial charge in [-0.1, -0.05) is 46.8 Å². The Balaban J connectivity index is 0.00000154. The molecule has 0 aliphatic carbocycles. The molecule has 1 aromatic rings. The highest BCUT2D eigenvalue weighted by atomic mass is 16.7. The third-order valence-corrected chi connectivity index (χ3v) is 3.11. The lowest BCUT2D eigenvalue weighted by Gasteiger charge is -2.18. The van der Waals surface area contributed by atoms with Crippen LogP contribution in [0.2, 0.25) is 0 Å². The molecule has 0 saturated carbocycles. The molecule has 0 N–H and O–H groups in total. The maximum atomic E-state index is 5.63. The summed E-state index contributed by atoms with van der Waals surface area (Å²) in [6.45, 7) is 15.3. The van der Waals surface area contributed by atoms with Crippen LogP contribution in [0.25, 0.3) is 0 Å². The van der Waals surface area contributed by atoms with Crippen molar-refractivity contribution in [1.82, 2.24) is 0 Å². The van der Waals surface area contributed by atoms with Crippen LogP contribution in [0.5, 0.6) is 5.75 Å². The van der Waals surface area contributed by atoms with E-state index >= 15 is 0 Å². The largest absolute Gasteiger partial charge is 0.465 e. The van der Waals surface area contributed by atoms with Gasteiger partial charge in [-0.25, -0.2) is 0 Å². The molecule has 0 aromatic heterocycles. The normalized spacial score (nSPS) is 13.5. The first-order valence-corrected chi connectivity index (χ1v) is 7.42. The van der Waals surface area contributed by atoms with E-state index in [0.717, 1.165) is 5.75 Å². The Morgan fingerprint density at radius 3 is 1.89 bits per heavy atom. The highest BCUT2D eigenvalue weighted by Gasteiger charge is 2.10. The fraction of sp³-hybridized carbons (Fsp3) is 0.647. The van der Waals surface area contributed by atoms with Crippen molar-refractivity contribution in [3.05, 3.63) is 29.8 Å². The standard InChI is InChI=1S/C15H24O2.C2H6/c1-6-16-13(5)17-15-9-7-14(8-10-15)12(4)11(2)3;1-2/h7-13H,6H2,1-5H3;1-2H3. The molecule has 2 heteroatoms. The lowest BCUT2D eigenvalue weighted by Crippen LogP contribution is -2.15. The number of ether oxygens (including phenoxy) is 2. The summed E-state index contributed by atoms with van der Waals surface area (Å²) in [5.74, 6) is 2.10. The molecule has 0 aliphatic rings. The number of hydrogen-bond donors (Lipinski definition) is 0. The predicted octanol–water partition coefficient (Wildman–Crippen LogP) is 5.23. The molecule has 1 aromatic carbocycles. The van der Waals surface area contributed by atoms with Crippen LogP contribution < -0.4 is 4.74 Å². The number of benzene rings is 1. The van der Waals surface area contributed by atoms with Gasteiger partial charge in [0.15, 0.2) is 6.29 Å². The van der Waals surface area contributed by atoms with Gasteiger partial charge in [-0.15, -0.1) is 0 Å². The molecule has 2 unspecified atom stereocenters. The number of rotatable bonds is 6. The molecule has 19 heavy (non-hydrogen) atoms. The van der Waals surface area contributed by atoms with Gasteiger partial charge in [0.05, 0.1) is 0 Å². The monoisotopic (exact) mass is 266 g/mol. The highest BCUT2D eigenvalue weighted by Crippen LogP contribution is 2.25. The van der Waals surface area contributed by atoms with Crippen LogP contribution >= 0.6 is 0 Å². The fourth-order valence-corrected chi connectivity index (χ4v) is 1.70. The van der Waals surface area contributed by atoms with Crippen molar-refractivity contribution in [3.8, 4) is 5.75 Å². The minimum atomic E-state index is -0.187. The molecule has 0 saturated heterocycles. The summed E-state index contributed by atoms with van der Waals surface area (Å²) >= 11 is 0. The van der Waals surface area contributed by atoms with Crippen LogP contribution in [0, 0.1) is 5.92 Å². The van der Waals surface area contributed by atoms with E-state index < -0.39 is 0 Å². The molecule has 0 aliphatic heterocycles. The van der Waals surface area contributed by atoms with E-state index in [-0.39, 0.29) is 6.29 Å². The summed E-state index contributed by atoms with van der Waals surface area (Å²) < 4.78 is 11.0. The first-order valence-electron chi connectivity index (χ1n) is 7.42. The first-order chi connectivity index (χ1) is 9.04. The summed E-state index contributed by atoms with van der Waals surface area (Å²) in [7, 11) is 0. The molecule has 0 bridgehead atoms. The number of hydrogen-bond acceptors (Lipinski definition) is 2. The predicted molar refractivity (Wildman–Crippen MR) is 82.8 cm³/mol. The molecular formula is C17H30O2. The second-order valence-electron chi connectivity index (χ2n) is 4.74. The van der Waals surface area contributed by atoms with Crippen LogP contribution in [-0.4, -0.2) is 12.9 Å². The van der Waals surface area contributed by atoms with E-state index in [2.05, 4.69) is 32.9 Å². The Labute approximate surface area is 119 Å². The Kier molecular flexibility index (Phi) is 9.32. The molecule has 1 rings (SSSR count). The average molecular weight is 266 g/mol. The molecule has 110 valence electrons. The maximum Gasteiger partial charge on any atom is 0.196 e. The minimum absolute atomic E-state index is 0.187. The van der Waals surface area contributed by atoms with Crippen molar-refractivity contribution in [2.75, 3.05) is 6.61 Å². The zero-order chi connectivity index (χ0) is 14.8. The zero-order valence-corrected chi connectivity index (χ0v) is 13.6. The molecule has 0 spiro atoms. The molecule has 2 atom stereocenters. The summed E-state index contributed by atoms with van der Waals surface area (Å²) in [6, 6.07) is 8.31. The van der Waals surface area contributed by atoms with E-state index in [1.54, 1.807) is 0 Å². The minimum Gasteiger partial charge on any atom is -0.465 e. The highest BCUT2D eigenvalue weighted by molar-refractivity contribution is 5.29. The summed E-state index contributed by atoms with van der Waals surface area (Å²) in [6.07, 6.45) is -0.187. The fourth-order valence-electron chi connectivity index (χ4n) is 1.70. The van der Waals surface area contributed by atoms with Crippen LogP contribution in [-0.2, 0) is 4.74 Å². The Bertz CT molecular complexity index is 317. The van der Waals surface area contributed by atoms with Gasteiger partial charge in [0.1, 0.15) is 5.75 Å². The average Bonchev–Trinajstić information content (AvgIpc) is 2.41. The van der Waals surface area contributed by atoms with Gasteiger partial charge in [0.25, 0.3) is 0 Å². The Hall–Kier alpha value is -1.02. The van der Waals surface area contributed by atoms with Gasteiger partial charge >= 0.3 is 0 Å². The van der Waals surface area contributed by atoms with Gasteiger partial charge in [0.2, 0.25) is 0 Å². The van der Waals surface area contributed by atoms with E-state index in [9.17, 15) is 0 Å². The molecule has 2 nitrogen and oxygen atoms in total. The lowest BCUT2D eigenvalue weighted by atomic mass is 9.90. The van der Waals surface area contributed by atoms with E-state index in [0.29, 0.717) is 18.4 Å². The van der Waals surface area contributed by atoms with Crippen molar-refractivity contribution in [2.45, 2.75) is 60.7 Å². The second kappa shape index (κ2) is 9.85. The van der Waals surface area contributed by atoms with Crippen molar-refractivity contribution >= 4 is 0 Å². The lowest BCUT2D eigenvalue weighted by molar-refractivity contribution is -0.0613. The molecule has 0 radical (unpaired) electrons. The van der Waals surface area contributed by atoms with Crippen molar-refractivity contribution in [2.24, 2.45) is 5.92 Å². The van der Waals surface area contributed by atoms with E-state index in [1.807, 2.05) is 39.8 Å². The van der Waals surface area contributed by atoms with Crippen molar-refractivity contribution < 1.29 is 9.47 Å². The first kappa shape index (κ1) is 18.0. The molecular weight excluding hydrogens is 236 g/mol. The van der Waals surface area contributed by atoms with Gasteiger partial charge in [-0.3, -0.25) is 0 Å². The van der Waals surface area contributed by atoms with E-state index in [4.69, 9.17) is 9.47 Å². The van der Waals surface area contributed by atoms with Gasteiger partial charge in [-0.2, -0.15) is 0 Å². The topological polar surface area (TPSA) is 18.5 Å². The van der Waals surface area contributed by atoms with Gasteiger partial charge < -0.3 is 9.47 Å². The summed E-state index contributed by atoms with van der Waals surface area (Å²) in [5, 5.41) is 0. The molecule has 0 fully saturated rings. The Morgan fingerprint density at radius 1 is 0.947 bits per heavy atom. The SMILES string of the molecule is CC.CCOC(C)Oc1ccc(C(C)C(C)C)cc1. The summed E-state index contributed by atoms with van der Waals surface area (Å²) in [4.78, 5) is 0. The van der Waals surface area contributed by atoms with Crippen LogP contribution in [0.15, 0.2) is 24.3 Å². The maximum absolute atomic E-state index is 5.63. The van der Waals surface area contributed by atoms with Crippen LogP contribution in [0.3, 0.4) is 0 Å². The second-order valence-corrected chi connectivity index (χ2v) is 4.74. The summed E-state index contributed by atoms with van der Waals surface area (Å²) in [5.41, 5.74) is 1.36. The van der Waals surface area contributed by atoms with E-state index in [1.165, 1.54) is 5.56 Å². The van der Waals surface area contributed by atoms with Crippen molar-refractivity contribution in [1.29, 1.82) is 0 Å². The quantitative estimate of drug-likeness (QED) is 0.656. The Morgan fingerprint density at radius 2 is 1.47 bits per heavy atom. The van der Waals surface area contributed by atoms with Crippen molar-refractivity contribution in [3.63, 3.8) is 0 Å². The van der Waals surface area contributed by atoms with Gasteiger partial charge in [-0.05, 0) is 43.4 Å². The third kappa shape index (κ3) is 6.63. The molecule has 0 amide bonds.